The van der Waals surface area contributed by atoms with Gasteiger partial charge in [-0.1, -0.05) is 18.2 Å². The summed E-state index contributed by atoms with van der Waals surface area (Å²) in [6.07, 6.45) is 4.86. The zero-order valence-electron chi connectivity index (χ0n) is 10.9. The summed E-state index contributed by atoms with van der Waals surface area (Å²) in [5.41, 5.74) is 8.66. The maximum atomic E-state index is 6.39. The van der Waals surface area contributed by atoms with Crippen molar-refractivity contribution in [1.29, 1.82) is 0 Å². The Balaban J connectivity index is 1.56. The van der Waals surface area contributed by atoms with Crippen LogP contribution in [-0.2, 0) is 6.42 Å². The fraction of sp³-hybridized carbons (Fsp3) is 0.267. The quantitative estimate of drug-likeness (QED) is 0.804. The predicted molar refractivity (Wildman–Crippen MR) is 79.4 cm³/mol. The van der Waals surface area contributed by atoms with Gasteiger partial charge in [-0.05, 0) is 6.07 Å². The number of ether oxygens (including phenoxy) is 1. The maximum Gasteiger partial charge on any atom is 0.193 e. The number of nitrogens with zero attached hydrogens (tertiary/aromatic N) is 2. The molecule has 0 amide bonds. The van der Waals surface area contributed by atoms with Crippen molar-refractivity contribution in [2.75, 3.05) is 6.61 Å². The second-order valence-corrected chi connectivity index (χ2v) is 6.02. The second kappa shape index (κ2) is 4.61. The van der Waals surface area contributed by atoms with Gasteiger partial charge in [0.25, 0.3) is 0 Å². The second-order valence-electron chi connectivity index (χ2n) is 5.15. The van der Waals surface area contributed by atoms with Gasteiger partial charge in [0.15, 0.2) is 4.96 Å². The van der Waals surface area contributed by atoms with Crippen LogP contribution in [0.4, 0.5) is 0 Å². The van der Waals surface area contributed by atoms with E-state index in [0.717, 1.165) is 22.8 Å². The molecule has 4 rings (SSSR count). The lowest BCUT2D eigenvalue weighted by Gasteiger charge is -2.17. The van der Waals surface area contributed by atoms with Crippen LogP contribution in [-0.4, -0.2) is 22.0 Å². The van der Waals surface area contributed by atoms with Crippen LogP contribution in [0.3, 0.4) is 0 Å². The molecule has 3 aromatic rings. The minimum atomic E-state index is 0.0308. The minimum absolute atomic E-state index is 0.0308. The molecule has 3 heterocycles. The molecular weight excluding hydrogens is 270 g/mol. The van der Waals surface area contributed by atoms with Gasteiger partial charge in [-0.25, -0.2) is 4.98 Å². The molecule has 0 fully saturated rings. The molecule has 2 unspecified atom stereocenters. The molecule has 5 heteroatoms. The van der Waals surface area contributed by atoms with Crippen LogP contribution in [0.15, 0.2) is 42.0 Å². The Morgan fingerprint density at radius 1 is 1.45 bits per heavy atom. The van der Waals surface area contributed by atoms with Gasteiger partial charge in [-0.15, -0.1) is 11.3 Å². The lowest BCUT2D eigenvalue weighted by atomic mass is 9.91. The summed E-state index contributed by atoms with van der Waals surface area (Å²) in [6, 6.07) is 8.19. The van der Waals surface area contributed by atoms with Crippen LogP contribution in [0.25, 0.3) is 4.96 Å². The first-order valence-electron chi connectivity index (χ1n) is 6.69. The highest BCUT2D eigenvalue weighted by atomic mass is 32.1. The Morgan fingerprint density at radius 2 is 2.35 bits per heavy atom. The highest BCUT2D eigenvalue weighted by Crippen LogP contribution is 2.35. The summed E-state index contributed by atoms with van der Waals surface area (Å²) in [4.78, 5) is 5.62. The third kappa shape index (κ3) is 1.90. The Kier molecular flexibility index (Phi) is 2.75. The molecule has 0 saturated carbocycles. The van der Waals surface area contributed by atoms with Gasteiger partial charge in [-0.3, -0.25) is 4.40 Å². The molecule has 2 N–H and O–H groups in total. The standard InChI is InChI=1S/C15H15N3OS/c16-13(7-10-8-18-5-6-20-15(18)17-10)12-9-19-14-4-2-1-3-11(12)14/h1-6,8,12-13H,7,9,16H2. The number of para-hydroxylation sites is 1. The van der Waals surface area contributed by atoms with E-state index in [1.54, 1.807) is 11.3 Å². The van der Waals surface area contributed by atoms with E-state index < -0.39 is 0 Å². The van der Waals surface area contributed by atoms with Gasteiger partial charge in [0.1, 0.15) is 5.75 Å². The first kappa shape index (κ1) is 11.9. The summed E-state index contributed by atoms with van der Waals surface area (Å²) in [5, 5.41) is 2.03. The number of rotatable bonds is 3. The Morgan fingerprint density at radius 3 is 3.25 bits per heavy atom. The smallest absolute Gasteiger partial charge is 0.193 e. The third-order valence-electron chi connectivity index (χ3n) is 3.84. The fourth-order valence-corrected chi connectivity index (χ4v) is 3.52. The number of aromatic nitrogens is 2. The molecule has 2 atom stereocenters. The number of nitrogens with two attached hydrogens (primary N) is 1. The molecule has 0 spiro atoms. The van der Waals surface area contributed by atoms with Crippen LogP contribution >= 0.6 is 11.3 Å². The summed E-state index contributed by atoms with van der Waals surface area (Å²) < 4.78 is 7.76. The van der Waals surface area contributed by atoms with E-state index in [4.69, 9.17) is 10.5 Å². The van der Waals surface area contributed by atoms with Crippen LogP contribution in [0.5, 0.6) is 5.75 Å². The summed E-state index contributed by atoms with van der Waals surface area (Å²) >= 11 is 1.64. The van der Waals surface area contributed by atoms with Gasteiger partial charge in [-0.2, -0.15) is 0 Å². The summed E-state index contributed by atoms with van der Waals surface area (Å²) in [7, 11) is 0. The maximum absolute atomic E-state index is 6.39. The van der Waals surface area contributed by atoms with E-state index in [-0.39, 0.29) is 12.0 Å². The molecule has 1 aliphatic rings. The summed E-state index contributed by atoms with van der Waals surface area (Å²) in [6.45, 7) is 0.669. The van der Waals surface area contributed by atoms with E-state index in [2.05, 4.69) is 17.2 Å². The average molecular weight is 285 g/mol. The number of benzene rings is 1. The molecule has 0 radical (unpaired) electrons. The lowest BCUT2D eigenvalue weighted by Crippen LogP contribution is -2.31. The largest absolute Gasteiger partial charge is 0.493 e. The van der Waals surface area contributed by atoms with Gasteiger partial charge in [0, 0.05) is 41.7 Å². The lowest BCUT2D eigenvalue weighted by molar-refractivity contribution is 0.313. The van der Waals surface area contributed by atoms with Gasteiger partial charge in [0.2, 0.25) is 0 Å². The molecule has 0 bridgehead atoms. The molecule has 4 nitrogen and oxygen atoms in total. The van der Waals surface area contributed by atoms with Crippen molar-refractivity contribution in [3.8, 4) is 5.75 Å². The fourth-order valence-electron chi connectivity index (χ4n) is 2.80. The Hall–Kier alpha value is -1.85. The van der Waals surface area contributed by atoms with Crippen molar-refractivity contribution in [2.24, 2.45) is 5.73 Å². The van der Waals surface area contributed by atoms with Crippen LogP contribution < -0.4 is 10.5 Å². The minimum Gasteiger partial charge on any atom is -0.493 e. The average Bonchev–Trinajstić information content (AvgIpc) is 3.10. The number of imidazole rings is 1. The first-order valence-corrected chi connectivity index (χ1v) is 7.57. The molecule has 0 saturated heterocycles. The summed E-state index contributed by atoms with van der Waals surface area (Å²) in [5.74, 6) is 1.23. The topological polar surface area (TPSA) is 52.5 Å². The van der Waals surface area contributed by atoms with Crippen molar-refractivity contribution in [2.45, 2.75) is 18.4 Å². The van der Waals surface area contributed by atoms with E-state index in [9.17, 15) is 0 Å². The first-order chi connectivity index (χ1) is 9.81. The van der Waals surface area contributed by atoms with Crippen molar-refractivity contribution < 1.29 is 4.74 Å². The number of fused-ring (bicyclic) bond motifs is 2. The zero-order valence-corrected chi connectivity index (χ0v) is 11.7. The molecule has 20 heavy (non-hydrogen) atoms. The monoisotopic (exact) mass is 285 g/mol. The molecule has 1 aliphatic heterocycles. The molecule has 0 aliphatic carbocycles. The Labute approximate surface area is 120 Å². The number of hydrogen-bond donors (Lipinski definition) is 1. The van der Waals surface area contributed by atoms with Crippen molar-refractivity contribution in [3.63, 3.8) is 0 Å². The number of hydrogen-bond acceptors (Lipinski definition) is 4. The molecule has 2 aromatic heterocycles. The highest BCUT2D eigenvalue weighted by molar-refractivity contribution is 7.15. The SMILES string of the molecule is NC(Cc1cn2ccsc2n1)C1COc2ccccc21. The van der Waals surface area contributed by atoms with Crippen LogP contribution in [0, 0.1) is 0 Å². The van der Waals surface area contributed by atoms with Crippen LogP contribution in [0.1, 0.15) is 17.2 Å². The van der Waals surface area contributed by atoms with E-state index in [0.29, 0.717) is 6.61 Å². The van der Waals surface area contributed by atoms with Gasteiger partial charge >= 0.3 is 0 Å². The molecule has 102 valence electrons. The van der Waals surface area contributed by atoms with E-state index >= 15 is 0 Å². The molecule has 1 aromatic carbocycles. The Bertz CT molecular complexity index is 720. The van der Waals surface area contributed by atoms with E-state index in [1.807, 2.05) is 34.2 Å². The molecular formula is C15H15N3OS. The van der Waals surface area contributed by atoms with Crippen molar-refractivity contribution in [1.82, 2.24) is 9.38 Å². The van der Waals surface area contributed by atoms with Crippen LogP contribution in [0.2, 0.25) is 0 Å². The van der Waals surface area contributed by atoms with Gasteiger partial charge in [0.05, 0.1) is 12.3 Å². The van der Waals surface area contributed by atoms with Crippen molar-refractivity contribution in [3.05, 3.63) is 53.3 Å². The van der Waals surface area contributed by atoms with Gasteiger partial charge < -0.3 is 10.5 Å². The predicted octanol–water partition coefficient (Wildman–Crippen LogP) is 2.44. The van der Waals surface area contributed by atoms with E-state index in [1.165, 1.54) is 5.56 Å². The normalized spacial score (nSPS) is 18.9. The zero-order chi connectivity index (χ0) is 13.5. The third-order valence-corrected chi connectivity index (χ3v) is 4.61. The number of thiazole rings is 1. The van der Waals surface area contributed by atoms with Crippen molar-refractivity contribution >= 4 is 16.3 Å². The highest BCUT2D eigenvalue weighted by Gasteiger charge is 2.29.